The molecule has 2 heterocycles. The molecule has 0 saturated heterocycles. The smallest absolute Gasteiger partial charge is 0.145 e. The number of hydrogen-bond acceptors (Lipinski definition) is 4. The first-order chi connectivity index (χ1) is 7.72. The Kier molecular flexibility index (Phi) is 1.90. The predicted octanol–water partition coefficient (Wildman–Crippen LogP) is 2.41. The Morgan fingerprint density at radius 1 is 1.31 bits per heavy atom. The molecule has 16 heavy (non-hydrogen) atoms. The molecule has 0 radical (unpaired) electrons. The van der Waals surface area contributed by atoms with E-state index < -0.39 is 0 Å². The first-order valence-corrected chi connectivity index (χ1v) is 5.41. The minimum absolute atomic E-state index is 0.258. The molecule has 0 bridgehead atoms. The number of nitrogen functional groups attached to an aromatic ring is 1. The summed E-state index contributed by atoms with van der Waals surface area (Å²) in [6.45, 7) is 0. The van der Waals surface area contributed by atoms with Crippen LogP contribution in [0.3, 0.4) is 0 Å². The van der Waals surface area contributed by atoms with Crippen LogP contribution in [0.4, 0.5) is 10.2 Å². The third kappa shape index (κ3) is 1.43. The largest absolute Gasteiger partial charge is 0.382 e. The summed E-state index contributed by atoms with van der Waals surface area (Å²) in [5, 5.41) is 7.36. The van der Waals surface area contributed by atoms with Crippen LogP contribution in [0.2, 0.25) is 0 Å². The zero-order valence-electron chi connectivity index (χ0n) is 8.07. The Morgan fingerprint density at radius 2 is 2.19 bits per heavy atom. The van der Waals surface area contributed by atoms with E-state index in [1.807, 2.05) is 0 Å². The van der Waals surface area contributed by atoms with E-state index in [-0.39, 0.29) is 5.82 Å². The highest BCUT2D eigenvalue weighted by Gasteiger charge is 2.08. The van der Waals surface area contributed by atoms with Crippen LogP contribution >= 0.6 is 11.3 Å². The molecule has 0 atom stereocenters. The highest BCUT2D eigenvalue weighted by Crippen LogP contribution is 2.29. The van der Waals surface area contributed by atoms with Gasteiger partial charge in [0.25, 0.3) is 0 Å². The minimum atomic E-state index is -0.258. The van der Waals surface area contributed by atoms with E-state index in [4.69, 9.17) is 5.73 Å². The summed E-state index contributed by atoms with van der Waals surface area (Å²) in [7, 11) is 0. The molecule has 0 saturated carbocycles. The van der Waals surface area contributed by atoms with Crippen molar-refractivity contribution in [1.29, 1.82) is 0 Å². The van der Waals surface area contributed by atoms with Gasteiger partial charge in [-0.15, -0.1) is 11.3 Å². The van der Waals surface area contributed by atoms with Crippen LogP contribution in [-0.4, -0.2) is 15.2 Å². The van der Waals surface area contributed by atoms with Crippen LogP contribution in [0.25, 0.3) is 20.9 Å². The maximum absolute atomic E-state index is 13.0. The van der Waals surface area contributed by atoms with Gasteiger partial charge in [-0.25, -0.2) is 9.37 Å². The SMILES string of the molecule is Nc1cc(-c2nc3ccc(F)cc3s2)[nH]n1. The number of nitrogens with two attached hydrogens (primary N) is 1. The normalized spacial score (nSPS) is 11.1. The van der Waals surface area contributed by atoms with Gasteiger partial charge in [0, 0.05) is 6.07 Å². The molecule has 1 aromatic carbocycles. The van der Waals surface area contributed by atoms with Gasteiger partial charge in [0.05, 0.1) is 15.9 Å². The molecule has 0 aliphatic rings. The van der Waals surface area contributed by atoms with Crippen LogP contribution in [0.15, 0.2) is 24.3 Å². The molecule has 3 aromatic rings. The number of anilines is 1. The van der Waals surface area contributed by atoms with Crippen molar-refractivity contribution >= 4 is 27.4 Å². The lowest BCUT2D eigenvalue weighted by Crippen LogP contribution is -1.81. The average molecular weight is 234 g/mol. The fourth-order valence-corrected chi connectivity index (χ4v) is 2.42. The van der Waals surface area contributed by atoms with E-state index in [1.54, 1.807) is 12.1 Å². The average Bonchev–Trinajstić information content (AvgIpc) is 2.83. The van der Waals surface area contributed by atoms with Crippen molar-refractivity contribution in [1.82, 2.24) is 15.2 Å². The second kappa shape index (κ2) is 3.28. The zero-order chi connectivity index (χ0) is 11.1. The van der Waals surface area contributed by atoms with Crippen molar-refractivity contribution in [2.45, 2.75) is 0 Å². The number of halogens is 1. The quantitative estimate of drug-likeness (QED) is 0.679. The number of H-pyrrole nitrogens is 1. The lowest BCUT2D eigenvalue weighted by atomic mass is 10.3. The van der Waals surface area contributed by atoms with E-state index in [2.05, 4.69) is 15.2 Å². The lowest BCUT2D eigenvalue weighted by molar-refractivity contribution is 0.630. The Bertz CT molecular complexity index is 658. The van der Waals surface area contributed by atoms with Crippen molar-refractivity contribution in [2.75, 3.05) is 5.73 Å². The number of thiazole rings is 1. The van der Waals surface area contributed by atoms with E-state index in [9.17, 15) is 4.39 Å². The fraction of sp³-hybridized carbons (Fsp3) is 0. The summed E-state index contributed by atoms with van der Waals surface area (Å²) < 4.78 is 13.8. The van der Waals surface area contributed by atoms with Crippen molar-refractivity contribution in [3.05, 3.63) is 30.1 Å². The molecule has 0 aliphatic carbocycles. The molecule has 80 valence electrons. The molecule has 3 rings (SSSR count). The van der Waals surface area contributed by atoms with Crippen LogP contribution in [0.5, 0.6) is 0 Å². The molecular formula is C10H7FN4S. The summed E-state index contributed by atoms with van der Waals surface area (Å²) >= 11 is 1.40. The van der Waals surface area contributed by atoms with Crippen molar-refractivity contribution in [3.8, 4) is 10.7 Å². The van der Waals surface area contributed by atoms with Crippen LogP contribution < -0.4 is 5.73 Å². The number of fused-ring (bicyclic) bond motifs is 1. The number of benzene rings is 1. The molecule has 0 spiro atoms. The van der Waals surface area contributed by atoms with Gasteiger partial charge in [-0.3, -0.25) is 5.10 Å². The molecule has 0 aliphatic heterocycles. The van der Waals surface area contributed by atoms with Crippen LogP contribution in [0, 0.1) is 5.82 Å². The maximum atomic E-state index is 13.0. The molecule has 6 heteroatoms. The monoisotopic (exact) mass is 234 g/mol. The third-order valence-corrected chi connectivity index (χ3v) is 3.23. The summed E-state index contributed by atoms with van der Waals surface area (Å²) in [5.41, 5.74) is 7.03. The Labute approximate surface area is 93.9 Å². The summed E-state index contributed by atoms with van der Waals surface area (Å²) in [5.74, 6) is 0.160. The third-order valence-electron chi connectivity index (χ3n) is 2.18. The molecule has 4 nitrogen and oxygen atoms in total. The Balaban J connectivity index is 2.18. The van der Waals surface area contributed by atoms with Gasteiger partial charge >= 0.3 is 0 Å². The number of nitrogens with one attached hydrogen (secondary N) is 1. The van der Waals surface area contributed by atoms with Crippen LogP contribution in [-0.2, 0) is 0 Å². The first-order valence-electron chi connectivity index (χ1n) is 4.60. The molecule has 0 fully saturated rings. The predicted molar refractivity (Wildman–Crippen MR) is 61.6 cm³/mol. The molecular weight excluding hydrogens is 227 g/mol. The van der Waals surface area contributed by atoms with Crippen LogP contribution in [0.1, 0.15) is 0 Å². The van der Waals surface area contributed by atoms with Gasteiger partial charge in [-0.1, -0.05) is 0 Å². The van der Waals surface area contributed by atoms with Gasteiger partial charge in [0.1, 0.15) is 16.6 Å². The molecule has 0 amide bonds. The highest BCUT2D eigenvalue weighted by molar-refractivity contribution is 7.21. The van der Waals surface area contributed by atoms with Crippen molar-refractivity contribution in [2.24, 2.45) is 0 Å². The molecule has 3 N–H and O–H groups in total. The van der Waals surface area contributed by atoms with Gasteiger partial charge in [0.15, 0.2) is 0 Å². The molecule has 0 unspecified atom stereocenters. The van der Waals surface area contributed by atoms with Crippen molar-refractivity contribution < 1.29 is 4.39 Å². The highest BCUT2D eigenvalue weighted by atomic mass is 32.1. The van der Waals surface area contributed by atoms with Gasteiger partial charge in [-0.05, 0) is 18.2 Å². The first kappa shape index (κ1) is 9.29. The Morgan fingerprint density at radius 3 is 2.94 bits per heavy atom. The standard InChI is InChI=1S/C10H7FN4S/c11-5-1-2-6-8(3-5)16-10(13-6)7-4-9(12)15-14-7/h1-4H,(H3,12,14,15). The summed E-state index contributed by atoms with van der Waals surface area (Å²) in [6.07, 6.45) is 0. The number of aromatic amines is 1. The minimum Gasteiger partial charge on any atom is -0.382 e. The fourth-order valence-electron chi connectivity index (χ4n) is 1.46. The van der Waals surface area contributed by atoms with E-state index in [0.717, 1.165) is 20.9 Å². The number of rotatable bonds is 1. The zero-order valence-corrected chi connectivity index (χ0v) is 8.88. The topological polar surface area (TPSA) is 67.6 Å². The number of nitrogens with zero attached hydrogens (tertiary/aromatic N) is 2. The van der Waals surface area contributed by atoms with Gasteiger partial charge < -0.3 is 5.73 Å². The van der Waals surface area contributed by atoms with E-state index in [1.165, 1.54) is 23.5 Å². The maximum Gasteiger partial charge on any atom is 0.145 e. The van der Waals surface area contributed by atoms with E-state index in [0.29, 0.717) is 5.82 Å². The number of hydrogen-bond donors (Lipinski definition) is 2. The second-order valence-corrected chi connectivity index (χ2v) is 4.37. The molecule has 2 aromatic heterocycles. The Hall–Kier alpha value is -1.95. The lowest BCUT2D eigenvalue weighted by Gasteiger charge is -1.85. The second-order valence-electron chi connectivity index (χ2n) is 3.34. The van der Waals surface area contributed by atoms with Crippen molar-refractivity contribution in [3.63, 3.8) is 0 Å². The van der Waals surface area contributed by atoms with Gasteiger partial charge in [0.2, 0.25) is 0 Å². The van der Waals surface area contributed by atoms with Gasteiger partial charge in [-0.2, -0.15) is 5.10 Å². The summed E-state index contributed by atoms with van der Waals surface area (Å²) in [4.78, 5) is 4.36. The van der Waals surface area contributed by atoms with E-state index >= 15 is 0 Å². The summed E-state index contributed by atoms with van der Waals surface area (Å²) in [6, 6.07) is 6.22. The number of aromatic nitrogens is 3.